The highest BCUT2D eigenvalue weighted by Gasteiger charge is 2.30. The first-order chi connectivity index (χ1) is 9.07. The molecular formula is C15H33B2N2-. The molecule has 0 spiro atoms. The molecule has 1 rings (SSSR count). The van der Waals surface area contributed by atoms with Gasteiger partial charge in [0.1, 0.15) is 6.33 Å². The summed E-state index contributed by atoms with van der Waals surface area (Å²) in [4.78, 5) is 0. The summed E-state index contributed by atoms with van der Waals surface area (Å²) in [6.45, 7) is 14.1. The summed E-state index contributed by atoms with van der Waals surface area (Å²) in [5.74, 6) is 0. The summed E-state index contributed by atoms with van der Waals surface area (Å²) < 4.78 is 5.08. The van der Waals surface area contributed by atoms with E-state index in [2.05, 4.69) is 69.2 Å². The van der Waals surface area contributed by atoms with Gasteiger partial charge in [0.05, 0.1) is 12.4 Å². The van der Waals surface area contributed by atoms with Gasteiger partial charge in [-0.3, -0.25) is 0 Å². The Kier molecular flexibility index (Phi) is 5.76. The van der Waals surface area contributed by atoms with Crippen molar-refractivity contribution in [1.82, 2.24) is 4.48 Å². The normalized spacial score (nSPS) is 12.9. The van der Waals surface area contributed by atoms with E-state index in [4.69, 9.17) is 0 Å². The third kappa shape index (κ3) is 2.78. The van der Waals surface area contributed by atoms with E-state index in [1.165, 1.54) is 37.9 Å². The molecule has 19 heavy (non-hydrogen) atoms. The van der Waals surface area contributed by atoms with Crippen LogP contribution in [-0.4, -0.2) is 17.0 Å². The van der Waals surface area contributed by atoms with Crippen molar-refractivity contribution in [1.29, 1.82) is 0 Å². The Morgan fingerprint density at radius 3 is 1.63 bits per heavy atom. The summed E-state index contributed by atoms with van der Waals surface area (Å²) >= 11 is 0. The molecule has 0 aliphatic rings. The van der Waals surface area contributed by atoms with Gasteiger partial charge in [-0.15, -0.1) is 37.9 Å². The highest BCUT2D eigenvalue weighted by molar-refractivity contribution is 6.78. The van der Waals surface area contributed by atoms with Crippen molar-refractivity contribution in [3.63, 3.8) is 0 Å². The van der Waals surface area contributed by atoms with Gasteiger partial charge in [-0.05, 0) is 0 Å². The number of imidazole rings is 1. The summed E-state index contributed by atoms with van der Waals surface area (Å²) in [5.41, 5.74) is 0. The molecule has 0 fully saturated rings. The minimum Gasteiger partial charge on any atom is -0.439 e. The third-order valence-electron chi connectivity index (χ3n) is 6.50. The Morgan fingerprint density at radius 1 is 0.789 bits per heavy atom. The van der Waals surface area contributed by atoms with E-state index >= 15 is 0 Å². The lowest BCUT2D eigenvalue weighted by atomic mass is 9.29. The largest absolute Gasteiger partial charge is 0.439 e. The monoisotopic (exact) mass is 263 g/mol. The van der Waals surface area contributed by atoms with E-state index in [1.807, 2.05) is 0 Å². The highest BCUT2D eigenvalue weighted by atomic mass is 15.1. The zero-order valence-electron chi connectivity index (χ0n) is 14.0. The number of hydrogen-bond donors (Lipinski definition) is 0. The maximum Gasteiger partial charge on any atom is 0.190 e. The molecule has 0 atom stereocenters. The second-order valence-electron chi connectivity index (χ2n) is 6.59. The minimum atomic E-state index is -0.408. The zero-order chi connectivity index (χ0) is 14.5. The van der Waals surface area contributed by atoms with Crippen LogP contribution in [0, 0.1) is 0 Å². The average Bonchev–Trinajstić information content (AvgIpc) is 2.95. The van der Waals surface area contributed by atoms with Gasteiger partial charge in [0.15, 0.2) is 12.6 Å². The van der Waals surface area contributed by atoms with Gasteiger partial charge < -0.3 is 8.96 Å². The molecule has 1 aromatic rings. The summed E-state index contributed by atoms with van der Waals surface area (Å²) in [5, 5.41) is 0. The summed E-state index contributed by atoms with van der Waals surface area (Å²) in [6, 6.07) is 0. The van der Waals surface area contributed by atoms with Crippen LogP contribution in [0.5, 0.6) is 0 Å². The van der Waals surface area contributed by atoms with Gasteiger partial charge in [0, 0.05) is 0 Å². The first kappa shape index (κ1) is 16.4. The summed E-state index contributed by atoms with van der Waals surface area (Å²) in [7, 11) is 0. The second kappa shape index (κ2) is 6.67. The Labute approximate surface area is 120 Å². The predicted octanol–water partition coefficient (Wildman–Crippen LogP) is 4.48. The van der Waals surface area contributed by atoms with Crippen LogP contribution in [0.1, 0.15) is 41.5 Å². The van der Waals surface area contributed by atoms with E-state index in [1.54, 1.807) is 0 Å². The standard InChI is InChI=1S/C15H33B2N2/c1-7-16(8-2,9-3)18-13-14-19(15-18)17(10-4,11-5)12-6/h13-15H,7-12H2,1-6H3/q-1. The number of nitrogens with zero attached hydrogens (tertiary/aromatic N) is 2. The fraction of sp³-hybridized carbons (Fsp3) is 0.800. The van der Waals surface area contributed by atoms with Gasteiger partial charge in [0.2, 0.25) is 0 Å². The van der Waals surface area contributed by atoms with Crippen LogP contribution in [0.3, 0.4) is 0 Å². The number of hydrogen-bond acceptors (Lipinski definition) is 0. The molecule has 0 saturated heterocycles. The number of aromatic nitrogens is 2. The van der Waals surface area contributed by atoms with Gasteiger partial charge in [0.25, 0.3) is 0 Å². The molecule has 110 valence electrons. The second-order valence-corrected chi connectivity index (χ2v) is 6.59. The van der Waals surface area contributed by atoms with E-state index in [0.29, 0.717) is 0 Å². The minimum absolute atomic E-state index is 0.408. The Bertz CT molecular complexity index is 328. The molecule has 1 aromatic heterocycles. The smallest absolute Gasteiger partial charge is 0.190 e. The van der Waals surface area contributed by atoms with E-state index < -0.39 is 12.6 Å². The molecule has 0 N–H and O–H groups in total. The molecule has 1 heterocycles. The fourth-order valence-electron chi connectivity index (χ4n) is 4.03. The van der Waals surface area contributed by atoms with Crippen molar-refractivity contribution in [2.75, 3.05) is 0 Å². The van der Waals surface area contributed by atoms with Crippen molar-refractivity contribution in [2.24, 2.45) is 0 Å². The topological polar surface area (TPSA) is 8.81 Å². The van der Waals surface area contributed by atoms with Crippen molar-refractivity contribution < 1.29 is 4.48 Å². The van der Waals surface area contributed by atoms with Crippen LogP contribution in [0.4, 0.5) is 0 Å². The first-order valence-corrected chi connectivity index (χ1v) is 8.57. The van der Waals surface area contributed by atoms with Crippen LogP contribution in [0.25, 0.3) is 0 Å². The molecule has 0 saturated carbocycles. The van der Waals surface area contributed by atoms with Crippen molar-refractivity contribution in [2.45, 2.75) is 79.5 Å². The molecule has 0 aromatic carbocycles. The highest BCUT2D eigenvalue weighted by Crippen LogP contribution is 2.23. The SMILES string of the molecule is CC[B-](CC)(CC)n1cc[n+]([B-](CC)(CC)CC)c1. The summed E-state index contributed by atoms with van der Waals surface area (Å²) in [6.07, 6.45) is 13.9. The first-order valence-electron chi connectivity index (χ1n) is 8.57. The quantitative estimate of drug-likeness (QED) is 0.611. The lowest BCUT2D eigenvalue weighted by molar-refractivity contribution is -0.547. The molecule has 0 amide bonds. The molecule has 0 aliphatic carbocycles. The van der Waals surface area contributed by atoms with Crippen LogP contribution >= 0.6 is 0 Å². The Morgan fingerprint density at radius 2 is 1.26 bits per heavy atom. The van der Waals surface area contributed by atoms with Gasteiger partial charge in [-0.2, -0.15) is 0 Å². The fourth-order valence-corrected chi connectivity index (χ4v) is 4.03. The molecular weight excluding hydrogens is 230 g/mol. The van der Waals surface area contributed by atoms with Crippen molar-refractivity contribution >= 4 is 12.6 Å². The van der Waals surface area contributed by atoms with Crippen molar-refractivity contribution in [3.05, 3.63) is 18.7 Å². The molecule has 2 nitrogen and oxygen atoms in total. The zero-order valence-corrected chi connectivity index (χ0v) is 14.0. The molecule has 0 aliphatic heterocycles. The van der Waals surface area contributed by atoms with Gasteiger partial charge in [-0.25, -0.2) is 0 Å². The lowest BCUT2D eigenvalue weighted by Gasteiger charge is -2.35. The maximum atomic E-state index is 2.54. The van der Waals surface area contributed by atoms with Gasteiger partial charge in [-0.1, -0.05) is 41.5 Å². The lowest BCUT2D eigenvalue weighted by Crippen LogP contribution is -2.62. The molecule has 4 heteroatoms. The average molecular weight is 263 g/mol. The van der Waals surface area contributed by atoms with Crippen molar-refractivity contribution in [3.8, 4) is 0 Å². The molecule has 0 unspecified atom stereocenters. The molecule has 0 bridgehead atoms. The van der Waals surface area contributed by atoms with E-state index in [0.717, 1.165) is 0 Å². The van der Waals surface area contributed by atoms with E-state index in [-0.39, 0.29) is 0 Å². The van der Waals surface area contributed by atoms with E-state index in [9.17, 15) is 0 Å². The van der Waals surface area contributed by atoms with Crippen LogP contribution in [-0.2, 0) is 0 Å². The van der Waals surface area contributed by atoms with Gasteiger partial charge >= 0.3 is 0 Å². The Balaban J connectivity index is 3.18. The predicted molar refractivity (Wildman–Crippen MR) is 89.8 cm³/mol. The maximum absolute atomic E-state index is 2.54. The Hall–Kier alpha value is -0.660. The van der Waals surface area contributed by atoms with Crippen LogP contribution in [0.2, 0.25) is 37.9 Å². The number of rotatable bonds is 8. The molecule has 0 radical (unpaired) electrons. The van der Waals surface area contributed by atoms with Crippen LogP contribution < -0.4 is 4.48 Å². The van der Waals surface area contributed by atoms with Crippen LogP contribution in [0.15, 0.2) is 18.7 Å². The third-order valence-corrected chi connectivity index (χ3v) is 6.50.